The van der Waals surface area contributed by atoms with Crippen molar-refractivity contribution in [3.05, 3.63) is 69.5 Å². The van der Waals surface area contributed by atoms with Crippen LogP contribution in [0.4, 0.5) is 4.39 Å². The summed E-state index contributed by atoms with van der Waals surface area (Å²) in [6, 6.07) is 3.73. The lowest BCUT2D eigenvalue weighted by Gasteiger charge is -2.36. The van der Waals surface area contributed by atoms with Crippen LogP contribution in [0.25, 0.3) is 0 Å². The van der Waals surface area contributed by atoms with Crippen LogP contribution in [-0.4, -0.2) is 68.4 Å². The van der Waals surface area contributed by atoms with E-state index in [1.54, 1.807) is 32.1 Å². The maximum Gasteiger partial charge on any atom is 0.271 e. The summed E-state index contributed by atoms with van der Waals surface area (Å²) in [6.45, 7) is 2.58. The Labute approximate surface area is 219 Å². The first-order chi connectivity index (χ1) is 17.7. The van der Waals surface area contributed by atoms with Gasteiger partial charge in [0.15, 0.2) is 17.5 Å². The van der Waals surface area contributed by atoms with E-state index in [0.29, 0.717) is 18.5 Å². The fraction of sp³-hybridized carbons (Fsp3) is 0.423. The number of carbonyl (C=O) groups excluding carboxylic acids is 2. The van der Waals surface area contributed by atoms with Crippen molar-refractivity contribution < 1.29 is 18.7 Å². The Morgan fingerprint density at radius 3 is 2.73 bits per heavy atom. The fourth-order valence-corrected chi connectivity index (χ4v) is 5.15. The molecule has 0 N–H and O–H groups in total. The first-order valence-corrected chi connectivity index (χ1v) is 12.6. The molecule has 0 bridgehead atoms. The fourth-order valence-electron chi connectivity index (χ4n) is 4.95. The average Bonchev–Trinajstić information content (AvgIpc) is 3.26. The minimum atomic E-state index is -0.714. The second kappa shape index (κ2) is 10.1. The number of halogens is 2. The van der Waals surface area contributed by atoms with Crippen LogP contribution in [0, 0.1) is 12.7 Å². The van der Waals surface area contributed by atoms with Crippen LogP contribution >= 0.6 is 11.6 Å². The summed E-state index contributed by atoms with van der Waals surface area (Å²) in [7, 11) is 3.23. The molecule has 194 valence electrons. The van der Waals surface area contributed by atoms with E-state index in [-0.39, 0.29) is 40.7 Å². The monoisotopic (exact) mass is 526 g/mol. The van der Waals surface area contributed by atoms with E-state index in [9.17, 15) is 9.59 Å². The third-order valence-corrected chi connectivity index (χ3v) is 7.00. The van der Waals surface area contributed by atoms with Crippen LogP contribution in [0.2, 0.25) is 5.15 Å². The first kappa shape index (κ1) is 25.1. The largest absolute Gasteiger partial charge is 0.481 e. The standard InChI is InChI=1S/C26H28ClFN6O3/c1-15-12-16(28)22(29-13-15)24-23-17(30-20-6-4-5-10-33(20)23)9-11-34(24)21(35)14-37-19-8-7-18(31-25(19)27)26(36)32(2)3/h7-8,12-13,24H,4-6,9-11,14H2,1-3H3. The van der Waals surface area contributed by atoms with Crippen LogP contribution in [0.15, 0.2) is 24.4 Å². The summed E-state index contributed by atoms with van der Waals surface area (Å²) in [5.41, 5.74) is 2.79. The number of hydrogen-bond acceptors (Lipinski definition) is 6. The lowest BCUT2D eigenvalue weighted by Crippen LogP contribution is -2.44. The smallest absolute Gasteiger partial charge is 0.271 e. The van der Waals surface area contributed by atoms with E-state index in [0.717, 1.165) is 43.0 Å². The number of aromatic nitrogens is 4. The number of ether oxygens (including phenoxy) is 1. The van der Waals surface area contributed by atoms with Crippen molar-refractivity contribution in [3.63, 3.8) is 0 Å². The summed E-state index contributed by atoms with van der Waals surface area (Å²) in [5.74, 6) is 0.0587. The second-order valence-corrected chi connectivity index (χ2v) is 9.92. The molecule has 0 radical (unpaired) electrons. The van der Waals surface area contributed by atoms with Crippen molar-refractivity contribution in [2.45, 2.75) is 45.2 Å². The first-order valence-electron chi connectivity index (χ1n) is 12.2. The Bertz CT molecular complexity index is 1370. The maximum absolute atomic E-state index is 15.2. The predicted octanol–water partition coefficient (Wildman–Crippen LogP) is 3.37. The number of aryl methyl sites for hydroxylation is 2. The van der Waals surface area contributed by atoms with Gasteiger partial charge in [-0.05, 0) is 43.5 Å². The normalized spacial score (nSPS) is 16.7. The molecule has 0 saturated heterocycles. The minimum absolute atomic E-state index is 0.0194. The number of carbonyl (C=O) groups is 2. The lowest BCUT2D eigenvalue weighted by molar-refractivity contribution is -0.135. The molecule has 0 aliphatic carbocycles. The Morgan fingerprint density at radius 2 is 2.00 bits per heavy atom. The molecule has 0 aromatic carbocycles. The quantitative estimate of drug-likeness (QED) is 0.473. The molecule has 2 aliphatic heterocycles. The summed E-state index contributed by atoms with van der Waals surface area (Å²) in [5, 5.41) is -0.0194. The third-order valence-electron chi connectivity index (χ3n) is 6.73. The van der Waals surface area contributed by atoms with Gasteiger partial charge in [-0.1, -0.05) is 11.6 Å². The Morgan fingerprint density at radius 1 is 1.19 bits per heavy atom. The van der Waals surface area contributed by atoms with E-state index in [2.05, 4.69) is 14.5 Å². The molecule has 0 fully saturated rings. The molecule has 3 aromatic rings. The number of rotatable bonds is 5. The molecule has 1 unspecified atom stereocenters. The van der Waals surface area contributed by atoms with Gasteiger partial charge in [-0.3, -0.25) is 14.6 Å². The van der Waals surface area contributed by atoms with Gasteiger partial charge in [-0.15, -0.1) is 0 Å². The van der Waals surface area contributed by atoms with E-state index >= 15 is 4.39 Å². The summed E-state index contributed by atoms with van der Waals surface area (Å²) in [6.07, 6.45) is 5.09. The maximum atomic E-state index is 15.2. The van der Waals surface area contributed by atoms with Crippen molar-refractivity contribution in [2.24, 2.45) is 0 Å². The van der Waals surface area contributed by atoms with Crippen molar-refractivity contribution in [1.29, 1.82) is 0 Å². The second-order valence-electron chi connectivity index (χ2n) is 9.56. The van der Waals surface area contributed by atoms with Gasteiger partial charge < -0.3 is 19.1 Å². The van der Waals surface area contributed by atoms with Crippen LogP contribution in [0.3, 0.4) is 0 Å². The highest BCUT2D eigenvalue weighted by molar-refractivity contribution is 6.31. The Balaban J connectivity index is 1.44. The SMILES string of the molecule is Cc1cnc(C2c3c(nc4n3CCCC4)CCN2C(=O)COc2ccc(C(=O)N(C)C)nc2Cl)c(F)c1. The van der Waals surface area contributed by atoms with Gasteiger partial charge in [-0.2, -0.15) is 0 Å². The molecule has 3 aromatic heterocycles. The molecule has 1 atom stereocenters. The Kier molecular flexibility index (Phi) is 6.85. The van der Waals surface area contributed by atoms with Crippen LogP contribution in [0.5, 0.6) is 5.75 Å². The zero-order valence-electron chi connectivity index (χ0n) is 21.0. The molecule has 9 nitrogen and oxygen atoms in total. The van der Waals surface area contributed by atoms with Crippen molar-refractivity contribution in [3.8, 4) is 5.75 Å². The van der Waals surface area contributed by atoms with Gasteiger partial charge in [0, 0.05) is 46.2 Å². The van der Waals surface area contributed by atoms with Crippen LogP contribution in [0.1, 0.15) is 57.8 Å². The highest BCUT2D eigenvalue weighted by Crippen LogP contribution is 2.38. The van der Waals surface area contributed by atoms with E-state index in [1.165, 1.54) is 23.1 Å². The summed E-state index contributed by atoms with van der Waals surface area (Å²) >= 11 is 6.24. The predicted molar refractivity (Wildman–Crippen MR) is 134 cm³/mol. The van der Waals surface area contributed by atoms with E-state index in [1.807, 2.05) is 0 Å². The minimum Gasteiger partial charge on any atom is -0.481 e. The van der Waals surface area contributed by atoms with Gasteiger partial charge in [-0.25, -0.2) is 14.4 Å². The van der Waals surface area contributed by atoms with Crippen molar-refractivity contribution in [2.75, 3.05) is 27.2 Å². The van der Waals surface area contributed by atoms with Gasteiger partial charge in [0.05, 0.1) is 11.4 Å². The summed E-state index contributed by atoms with van der Waals surface area (Å²) in [4.78, 5) is 42.0. The van der Waals surface area contributed by atoms with Gasteiger partial charge >= 0.3 is 0 Å². The number of amides is 2. The average molecular weight is 527 g/mol. The van der Waals surface area contributed by atoms with Crippen molar-refractivity contribution in [1.82, 2.24) is 29.3 Å². The Hall–Kier alpha value is -3.53. The molecule has 5 rings (SSSR count). The van der Waals surface area contributed by atoms with E-state index < -0.39 is 11.9 Å². The zero-order chi connectivity index (χ0) is 26.3. The van der Waals surface area contributed by atoms with Crippen molar-refractivity contribution >= 4 is 23.4 Å². The number of imidazole rings is 1. The molecule has 0 spiro atoms. The molecular formula is C26H28ClFN6O3. The molecule has 11 heteroatoms. The molecule has 5 heterocycles. The van der Waals surface area contributed by atoms with Gasteiger partial charge in [0.1, 0.15) is 29.1 Å². The third kappa shape index (κ3) is 4.77. The molecule has 37 heavy (non-hydrogen) atoms. The zero-order valence-corrected chi connectivity index (χ0v) is 21.8. The number of hydrogen-bond donors (Lipinski definition) is 0. The topological polar surface area (TPSA) is 93.4 Å². The molecule has 2 amide bonds. The number of pyridine rings is 2. The molecular weight excluding hydrogens is 499 g/mol. The lowest BCUT2D eigenvalue weighted by atomic mass is 9.97. The molecule has 0 saturated carbocycles. The van der Waals surface area contributed by atoms with Crippen LogP contribution in [-0.2, 0) is 24.2 Å². The highest BCUT2D eigenvalue weighted by Gasteiger charge is 2.39. The molecule has 2 aliphatic rings. The summed E-state index contributed by atoms with van der Waals surface area (Å²) < 4.78 is 23.1. The number of fused-ring (bicyclic) bond motifs is 3. The van der Waals surface area contributed by atoms with Gasteiger partial charge in [0.2, 0.25) is 0 Å². The van der Waals surface area contributed by atoms with E-state index in [4.69, 9.17) is 21.3 Å². The van der Waals surface area contributed by atoms with Gasteiger partial charge in [0.25, 0.3) is 11.8 Å². The van der Waals surface area contributed by atoms with Crippen LogP contribution < -0.4 is 4.74 Å². The number of nitrogens with zero attached hydrogens (tertiary/aromatic N) is 6. The highest BCUT2D eigenvalue weighted by atomic mass is 35.5.